The lowest BCUT2D eigenvalue weighted by atomic mass is 10.0. The maximum Gasteiger partial charge on any atom is 0.253 e. The summed E-state index contributed by atoms with van der Waals surface area (Å²) in [5.74, 6) is 0.0779. The van der Waals surface area contributed by atoms with Gasteiger partial charge in [-0.1, -0.05) is 24.3 Å². The molecule has 1 amide bonds. The van der Waals surface area contributed by atoms with Crippen molar-refractivity contribution in [2.24, 2.45) is 0 Å². The highest BCUT2D eigenvalue weighted by molar-refractivity contribution is 7.09. The Morgan fingerprint density at radius 3 is 2.71 bits per heavy atom. The van der Waals surface area contributed by atoms with E-state index >= 15 is 0 Å². The Morgan fingerprint density at radius 1 is 1.08 bits per heavy atom. The van der Waals surface area contributed by atoms with E-state index < -0.39 is 0 Å². The highest BCUT2D eigenvalue weighted by Crippen LogP contribution is 2.29. The molecule has 2 fully saturated rings. The number of rotatable bonds is 3. The maximum absolute atomic E-state index is 12.5. The molecule has 0 radical (unpaired) electrons. The van der Waals surface area contributed by atoms with Crippen LogP contribution in [0.1, 0.15) is 17.7 Å². The van der Waals surface area contributed by atoms with Gasteiger partial charge in [-0.2, -0.15) is 0 Å². The molecule has 1 aromatic heterocycles. The molecule has 24 heavy (non-hydrogen) atoms. The van der Waals surface area contributed by atoms with Gasteiger partial charge in [0.1, 0.15) is 6.61 Å². The van der Waals surface area contributed by atoms with Gasteiger partial charge in [-0.15, -0.1) is 11.3 Å². The number of para-hydroxylation sites is 1. The summed E-state index contributed by atoms with van der Waals surface area (Å²) in [7, 11) is 0. The lowest BCUT2D eigenvalue weighted by molar-refractivity contribution is -0.132. The zero-order chi connectivity index (χ0) is 16.4. The fourth-order valence-corrected chi connectivity index (χ4v) is 4.49. The van der Waals surface area contributed by atoms with Crippen molar-refractivity contribution in [3.05, 3.63) is 52.7 Å². The Labute approximate surface area is 146 Å². The van der Waals surface area contributed by atoms with E-state index in [4.69, 9.17) is 4.74 Å². The van der Waals surface area contributed by atoms with Gasteiger partial charge in [-0.25, -0.2) is 0 Å². The lowest BCUT2D eigenvalue weighted by Crippen LogP contribution is -2.54. The number of hydrogen-bond donors (Lipinski definition) is 0. The molecule has 0 bridgehead atoms. The number of carbonyl (C=O) groups excluding carboxylic acids is 1. The molecule has 0 N–H and O–H groups in total. The molecule has 2 aliphatic heterocycles. The van der Waals surface area contributed by atoms with Crippen LogP contribution in [-0.2, 0) is 16.1 Å². The number of carbonyl (C=O) groups is 1. The SMILES string of the molecule is O=C1CO[C@H]2CCN(Cc3cccs3)CC[C@@H]2N1c1ccccc1. The van der Waals surface area contributed by atoms with Crippen LogP contribution in [0.3, 0.4) is 0 Å². The molecular formula is C19H22N2O2S. The van der Waals surface area contributed by atoms with Crippen molar-refractivity contribution >= 4 is 22.9 Å². The minimum atomic E-state index is 0.0779. The van der Waals surface area contributed by atoms with Gasteiger partial charge in [-0.3, -0.25) is 9.69 Å². The van der Waals surface area contributed by atoms with E-state index in [-0.39, 0.29) is 24.7 Å². The topological polar surface area (TPSA) is 32.8 Å². The number of fused-ring (bicyclic) bond motifs is 1. The molecular weight excluding hydrogens is 320 g/mol. The Kier molecular flexibility index (Phi) is 4.65. The molecule has 2 aromatic rings. The van der Waals surface area contributed by atoms with E-state index in [9.17, 15) is 4.79 Å². The normalized spacial score (nSPS) is 25.3. The quantitative estimate of drug-likeness (QED) is 0.859. The first kappa shape index (κ1) is 15.8. The molecule has 0 spiro atoms. The zero-order valence-corrected chi connectivity index (χ0v) is 14.5. The highest BCUT2D eigenvalue weighted by atomic mass is 32.1. The molecule has 1 aromatic carbocycles. The second-order valence-electron chi connectivity index (χ2n) is 6.45. The van der Waals surface area contributed by atoms with Crippen LogP contribution in [0.15, 0.2) is 47.8 Å². The second kappa shape index (κ2) is 7.05. The number of benzene rings is 1. The third kappa shape index (κ3) is 3.24. The number of hydrogen-bond acceptors (Lipinski definition) is 4. The third-order valence-corrected chi connectivity index (χ3v) is 5.78. The van der Waals surface area contributed by atoms with Gasteiger partial charge in [0.2, 0.25) is 0 Å². The molecule has 2 saturated heterocycles. The van der Waals surface area contributed by atoms with Crippen LogP contribution in [0, 0.1) is 0 Å². The van der Waals surface area contributed by atoms with Crippen molar-refractivity contribution < 1.29 is 9.53 Å². The molecule has 0 unspecified atom stereocenters. The molecule has 0 aliphatic carbocycles. The van der Waals surface area contributed by atoms with Gasteiger partial charge in [-0.05, 0) is 36.4 Å². The lowest BCUT2D eigenvalue weighted by Gasteiger charge is -2.40. The van der Waals surface area contributed by atoms with Crippen LogP contribution < -0.4 is 4.90 Å². The molecule has 2 aliphatic rings. The molecule has 126 valence electrons. The second-order valence-corrected chi connectivity index (χ2v) is 7.48. The predicted molar refractivity (Wildman–Crippen MR) is 96.3 cm³/mol. The number of anilines is 1. The number of ether oxygens (including phenoxy) is 1. The van der Waals surface area contributed by atoms with E-state index in [1.54, 1.807) is 0 Å². The summed E-state index contributed by atoms with van der Waals surface area (Å²) in [5, 5.41) is 2.13. The van der Waals surface area contributed by atoms with Crippen molar-refractivity contribution in [3.8, 4) is 0 Å². The summed E-state index contributed by atoms with van der Waals surface area (Å²) in [6, 6.07) is 14.5. The number of likely N-dealkylation sites (tertiary alicyclic amines) is 1. The standard InChI is InChI=1S/C19H22N2O2S/c22-19-14-23-18-9-11-20(13-16-7-4-12-24-16)10-8-17(18)21(19)15-5-2-1-3-6-15/h1-7,12,17-18H,8-11,13-14H2/t17-,18-/m0/s1. The number of amides is 1. The summed E-state index contributed by atoms with van der Waals surface area (Å²) in [6.07, 6.45) is 2.07. The predicted octanol–water partition coefficient (Wildman–Crippen LogP) is 3.14. The van der Waals surface area contributed by atoms with Crippen LogP contribution in [0.4, 0.5) is 5.69 Å². The van der Waals surface area contributed by atoms with Gasteiger partial charge in [0.25, 0.3) is 5.91 Å². The summed E-state index contributed by atoms with van der Waals surface area (Å²) in [5.41, 5.74) is 0.993. The van der Waals surface area contributed by atoms with Crippen LogP contribution >= 0.6 is 11.3 Å². The first-order valence-electron chi connectivity index (χ1n) is 8.55. The van der Waals surface area contributed by atoms with Crippen molar-refractivity contribution in [2.75, 3.05) is 24.6 Å². The van der Waals surface area contributed by atoms with E-state index in [0.717, 1.165) is 38.2 Å². The number of nitrogens with zero attached hydrogens (tertiary/aromatic N) is 2. The Balaban J connectivity index is 1.51. The van der Waals surface area contributed by atoms with Gasteiger partial charge >= 0.3 is 0 Å². The van der Waals surface area contributed by atoms with Crippen molar-refractivity contribution in [2.45, 2.75) is 31.5 Å². The fraction of sp³-hybridized carbons (Fsp3) is 0.421. The Morgan fingerprint density at radius 2 is 1.92 bits per heavy atom. The summed E-state index contributed by atoms with van der Waals surface area (Å²) in [6.45, 7) is 3.21. The first-order chi connectivity index (χ1) is 11.8. The van der Waals surface area contributed by atoms with E-state index in [2.05, 4.69) is 22.4 Å². The molecule has 4 nitrogen and oxygen atoms in total. The molecule has 2 atom stereocenters. The fourth-order valence-electron chi connectivity index (χ4n) is 3.74. The van der Waals surface area contributed by atoms with Crippen LogP contribution in [0.5, 0.6) is 0 Å². The van der Waals surface area contributed by atoms with Gasteiger partial charge in [0, 0.05) is 30.2 Å². The maximum atomic E-state index is 12.5. The Hall–Kier alpha value is -1.69. The summed E-state index contributed by atoms with van der Waals surface area (Å²) < 4.78 is 5.89. The minimum Gasteiger partial charge on any atom is -0.366 e. The molecule has 3 heterocycles. The zero-order valence-electron chi connectivity index (χ0n) is 13.6. The van der Waals surface area contributed by atoms with Crippen molar-refractivity contribution in [1.29, 1.82) is 0 Å². The van der Waals surface area contributed by atoms with E-state index in [0.29, 0.717) is 0 Å². The smallest absolute Gasteiger partial charge is 0.253 e. The third-order valence-electron chi connectivity index (χ3n) is 4.92. The average molecular weight is 342 g/mol. The summed E-state index contributed by atoms with van der Waals surface area (Å²) >= 11 is 1.81. The molecule has 5 heteroatoms. The van der Waals surface area contributed by atoms with Crippen molar-refractivity contribution in [3.63, 3.8) is 0 Å². The number of morpholine rings is 1. The summed E-state index contributed by atoms with van der Waals surface area (Å²) in [4.78, 5) is 18.4. The largest absolute Gasteiger partial charge is 0.366 e. The average Bonchev–Trinajstić information content (AvgIpc) is 3.03. The van der Waals surface area contributed by atoms with Gasteiger partial charge in [0.05, 0.1) is 12.1 Å². The van der Waals surface area contributed by atoms with Crippen LogP contribution in [0.25, 0.3) is 0 Å². The number of thiophene rings is 1. The Bertz CT molecular complexity index is 674. The van der Waals surface area contributed by atoms with Crippen molar-refractivity contribution in [1.82, 2.24) is 4.90 Å². The van der Waals surface area contributed by atoms with Crippen LogP contribution in [0.2, 0.25) is 0 Å². The monoisotopic (exact) mass is 342 g/mol. The molecule has 0 saturated carbocycles. The van der Waals surface area contributed by atoms with E-state index in [1.165, 1.54) is 4.88 Å². The van der Waals surface area contributed by atoms with Crippen LogP contribution in [-0.4, -0.2) is 42.6 Å². The molecule has 4 rings (SSSR count). The first-order valence-corrected chi connectivity index (χ1v) is 9.43. The van der Waals surface area contributed by atoms with Gasteiger partial charge in [0.15, 0.2) is 0 Å². The minimum absolute atomic E-state index is 0.0779. The van der Waals surface area contributed by atoms with Gasteiger partial charge < -0.3 is 9.64 Å². The highest BCUT2D eigenvalue weighted by Gasteiger charge is 2.39. The van der Waals surface area contributed by atoms with E-state index in [1.807, 2.05) is 46.6 Å².